The summed E-state index contributed by atoms with van der Waals surface area (Å²) < 4.78 is 17.0. The van der Waals surface area contributed by atoms with Crippen LogP contribution in [-0.2, 0) is 28.6 Å². The van der Waals surface area contributed by atoms with Gasteiger partial charge in [0, 0.05) is 19.3 Å². The summed E-state index contributed by atoms with van der Waals surface area (Å²) in [5, 5.41) is 0. The molecule has 0 aromatic heterocycles. The second-order valence-electron chi connectivity index (χ2n) is 23.5. The minimum Gasteiger partial charge on any atom is -0.462 e. The van der Waals surface area contributed by atoms with E-state index in [1.165, 1.54) is 263 Å². The average Bonchev–Trinajstić information content (AvgIpc) is 3.37. The molecule has 0 saturated carbocycles. The van der Waals surface area contributed by atoms with Gasteiger partial charge >= 0.3 is 17.9 Å². The Labute approximate surface area is 450 Å². The summed E-state index contributed by atoms with van der Waals surface area (Å²) in [4.78, 5) is 38.4. The van der Waals surface area contributed by atoms with Gasteiger partial charge in [-0.25, -0.2) is 0 Å². The molecular formula is C66H128O6. The highest BCUT2D eigenvalue weighted by molar-refractivity contribution is 5.71. The van der Waals surface area contributed by atoms with E-state index in [1.54, 1.807) is 0 Å². The highest BCUT2D eigenvalue weighted by atomic mass is 16.6. The van der Waals surface area contributed by atoms with Crippen molar-refractivity contribution >= 4 is 17.9 Å². The van der Waals surface area contributed by atoms with E-state index in [0.717, 1.165) is 69.6 Å². The number of carbonyl (C=O) groups is 3. The third-order valence-electron chi connectivity index (χ3n) is 15.6. The van der Waals surface area contributed by atoms with Crippen LogP contribution in [0.4, 0.5) is 0 Å². The van der Waals surface area contributed by atoms with Crippen molar-refractivity contribution in [3.05, 3.63) is 0 Å². The fourth-order valence-electron chi connectivity index (χ4n) is 10.3. The van der Waals surface area contributed by atoms with Crippen molar-refractivity contribution in [3.8, 4) is 0 Å². The molecule has 0 aliphatic rings. The molecule has 0 aliphatic heterocycles. The van der Waals surface area contributed by atoms with Gasteiger partial charge in [-0.3, -0.25) is 14.4 Å². The van der Waals surface area contributed by atoms with Crippen molar-refractivity contribution < 1.29 is 28.6 Å². The number of esters is 3. The lowest BCUT2D eigenvalue weighted by Crippen LogP contribution is -2.30. The molecule has 2 atom stereocenters. The van der Waals surface area contributed by atoms with Gasteiger partial charge in [0.2, 0.25) is 0 Å². The predicted octanol–water partition coefficient (Wildman–Crippen LogP) is 22.0. The molecule has 0 aromatic rings. The summed E-state index contributed by atoms with van der Waals surface area (Å²) in [6.07, 6.45) is 65.3. The maximum atomic E-state index is 12.9. The molecule has 6 heteroatoms. The minimum absolute atomic E-state index is 0.0617. The summed E-state index contributed by atoms with van der Waals surface area (Å²) >= 11 is 0. The van der Waals surface area contributed by atoms with Crippen molar-refractivity contribution in [2.45, 2.75) is 381 Å². The third-order valence-corrected chi connectivity index (χ3v) is 15.6. The Morgan fingerprint density at radius 3 is 0.792 bits per heavy atom. The highest BCUT2D eigenvalue weighted by Crippen LogP contribution is 2.19. The molecule has 1 unspecified atom stereocenters. The van der Waals surface area contributed by atoms with Crippen LogP contribution in [0.15, 0.2) is 0 Å². The van der Waals surface area contributed by atoms with Gasteiger partial charge in [-0.2, -0.15) is 0 Å². The second-order valence-corrected chi connectivity index (χ2v) is 23.5. The molecule has 0 amide bonds. The summed E-state index contributed by atoms with van der Waals surface area (Å²) in [6, 6.07) is 0. The number of unbranched alkanes of at least 4 members (excludes halogenated alkanes) is 44. The molecule has 0 N–H and O–H groups in total. The van der Waals surface area contributed by atoms with Gasteiger partial charge in [0.1, 0.15) is 13.2 Å². The Balaban J connectivity index is 4.29. The number of hydrogen-bond acceptors (Lipinski definition) is 6. The number of hydrogen-bond donors (Lipinski definition) is 0. The lowest BCUT2D eigenvalue weighted by molar-refractivity contribution is -0.167. The van der Waals surface area contributed by atoms with E-state index in [2.05, 4.69) is 34.6 Å². The van der Waals surface area contributed by atoms with Gasteiger partial charge < -0.3 is 14.2 Å². The normalized spacial score (nSPS) is 12.4. The van der Waals surface area contributed by atoms with Gasteiger partial charge in [-0.1, -0.05) is 336 Å². The van der Waals surface area contributed by atoms with E-state index in [9.17, 15) is 14.4 Å². The van der Waals surface area contributed by atoms with Crippen molar-refractivity contribution in [2.75, 3.05) is 13.2 Å². The molecule has 0 fully saturated rings. The highest BCUT2D eigenvalue weighted by Gasteiger charge is 2.19. The van der Waals surface area contributed by atoms with Gasteiger partial charge in [-0.15, -0.1) is 0 Å². The quantitative estimate of drug-likeness (QED) is 0.0343. The zero-order chi connectivity index (χ0) is 52.5. The molecule has 72 heavy (non-hydrogen) atoms. The molecule has 428 valence electrons. The van der Waals surface area contributed by atoms with Crippen molar-refractivity contribution in [2.24, 2.45) is 11.8 Å². The van der Waals surface area contributed by atoms with Crippen LogP contribution in [0, 0.1) is 11.8 Å². The smallest absolute Gasteiger partial charge is 0.306 e. The average molecular weight is 1020 g/mol. The minimum atomic E-state index is -0.764. The summed E-state index contributed by atoms with van der Waals surface area (Å²) in [6.45, 7) is 11.5. The van der Waals surface area contributed by atoms with Crippen LogP contribution in [0.25, 0.3) is 0 Å². The SMILES string of the molecule is CCCCCCCCCCCCCCCCCCCCCC(=O)OC[C@H](COC(=O)CCCCCCCCCCCCCCCCC(C)C)OC(=O)CCCCCCCCCCCCCCCCC(C)CC. The topological polar surface area (TPSA) is 78.9 Å². The third kappa shape index (κ3) is 57.7. The first-order chi connectivity index (χ1) is 35.3. The van der Waals surface area contributed by atoms with Crippen molar-refractivity contribution in [3.63, 3.8) is 0 Å². The molecule has 0 saturated heterocycles. The fourth-order valence-corrected chi connectivity index (χ4v) is 10.3. The number of rotatable bonds is 60. The van der Waals surface area contributed by atoms with E-state index < -0.39 is 6.10 Å². The van der Waals surface area contributed by atoms with Gasteiger partial charge in [-0.05, 0) is 31.1 Å². The molecule has 0 radical (unpaired) electrons. The number of ether oxygens (including phenoxy) is 3. The maximum absolute atomic E-state index is 12.9. The van der Waals surface area contributed by atoms with E-state index in [-0.39, 0.29) is 31.1 Å². The Kier molecular flexibility index (Phi) is 57.4. The molecule has 0 heterocycles. The van der Waals surface area contributed by atoms with Crippen molar-refractivity contribution in [1.29, 1.82) is 0 Å². The lowest BCUT2D eigenvalue weighted by Gasteiger charge is -2.18. The predicted molar refractivity (Wildman–Crippen MR) is 312 cm³/mol. The Bertz CT molecular complexity index is 1110. The Hall–Kier alpha value is -1.59. The number of carbonyl (C=O) groups excluding carboxylic acids is 3. The first-order valence-electron chi connectivity index (χ1n) is 32.8. The van der Waals surface area contributed by atoms with Crippen LogP contribution in [0.5, 0.6) is 0 Å². The first kappa shape index (κ1) is 70.4. The summed E-state index contributed by atoms with van der Waals surface area (Å²) in [5.74, 6) is 0.909. The van der Waals surface area contributed by atoms with Crippen LogP contribution < -0.4 is 0 Å². The molecule has 0 aromatic carbocycles. The zero-order valence-electron chi connectivity index (χ0n) is 49.6. The lowest BCUT2D eigenvalue weighted by atomic mass is 9.99. The maximum Gasteiger partial charge on any atom is 0.306 e. The summed E-state index contributed by atoms with van der Waals surface area (Å²) in [5.41, 5.74) is 0. The Morgan fingerprint density at radius 1 is 0.292 bits per heavy atom. The van der Waals surface area contributed by atoms with E-state index in [4.69, 9.17) is 14.2 Å². The molecule has 0 bridgehead atoms. The molecule has 6 nitrogen and oxygen atoms in total. The van der Waals surface area contributed by atoms with E-state index in [1.807, 2.05) is 0 Å². The molecule has 0 rings (SSSR count). The monoisotopic (exact) mass is 1020 g/mol. The molecule has 0 aliphatic carbocycles. The van der Waals surface area contributed by atoms with Crippen molar-refractivity contribution in [1.82, 2.24) is 0 Å². The van der Waals surface area contributed by atoms with Gasteiger partial charge in [0.15, 0.2) is 6.10 Å². The standard InChI is InChI=1S/C66H128O6/c1-6-8-9-10-11-12-13-14-15-16-17-18-19-26-31-36-41-46-51-56-64(67)70-59-63(60-71-65(68)57-52-47-42-37-32-27-22-20-24-29-34-39-44-49-54-61(3)4)72-66(69)58-53-48-43-38-33-28-23-21-25-30-35-40-45-50-55-62(5)7-2/h61-63H,6-60H2,1-5H3/t62?,63-/m1/s1. The van der Waals surface area contributed by atoms with Crippen LogP contribution in [0.3, 0.4) is 0 Å². The first-order valence-corrected chi connectivity index (χ1v) is 32.8. The van der Waals surface area contributed by atoms with Crippen LogP contribution >= 0.6 is 0 Å². The van der Waals surface area contributed by atoms with E-state index >= 15 is 0 Å². The second kappa shape index (κ2) is 58.7. The van der Waals surface area contributed by atoms with Gasteiger partial charge in [0.05, 0.1) is 0 Å². The molecular weight excluding hydrogens is 889 g/mol. The Morgan fingerprint density at radius 2 is 0.528 bits per heavy atom. The van der Waals surface area contributed by atoms with Crippen LogP contribution in [0.1, 0.15) is 375 Å². The van der Waals surface area contributed by atoms with Crippen LogP contribution in [0.2, 0.25) is 0 Å². The summed E-state index contributed by atoms with van der Waals surface area (Å²) in [7, 11) is 0. The molecule has 0 spiro atoms. The zero-order valence-corrected chi connectivity index (χ0v) is 49.6. The fraction of sp³-hybridized carbons (Fsp3) is 0.955. The van der Waals surface area contributed by atoms with Crippen LogP contribution in [-0.4, -0.2) is 37.2 Å². The van der Waals surface area contributed by atoms with Gasteiger partial charge in [0.25, 0.3) is 0 Å². The van der Waals surface area contributed by atoms with E-state index in [0.29, 0.717) is 19.3 Å². The largest absolute Gasteiger partial charge is 0.462 e.